The van der Waals surface area contributed by atoms with Gasteiger partial charge in [-0.15, -0.1) is 0 Å². The number of rotatable bonds is 3. The molecule has 1 aliphatic heterocycles. The molecular weight excluding hydrogens is 391 g/mol. The van der Waals surface area contributed by atoms with Gasteiger partial charge in [0.1, 0.15) is 5.82 Å². The van der Waals surface area contributed by atoms with Gasteiger partial charge in [-0.1, -0.05) is 29.8 Å². The van der Waals surface area contributed by atoms with Crippen LogP contribution in [0.5, 0.6) is 0 Å². The Bertz CT molecular complexity index is 965. The molecule has 8 heteroatoms. The van der Waals surface area contributed by atoms with Gasteiger partial charge in [-0.25, -0.2) is 12.8 Å². The number of carbonyl (C=O) groups excluding carboxylic acids is 1. The summed E-state index contributed by atoms with van der Waals surface area (Å²) in [6, 6.07) is 10.6. The number of carbonyl (C=O) groups is 1. The molecule has 0 N–H and O–H groups in total. The standard InChI is InChI=1S/C19H20ClFN2O3S/c1-14-7-8-15(20)13-18(14)27(25,26)23-10-4-9-22(11-12-23)19(24)16-5-2-3-6-17(16)21/h2-3,5-8,13H,4,9-12H2,1H3. The van der Waals surface area contributed by atoms with E-state index < -0.39 is 21.7 Å². The molecule has 1 heterocycles. The number of halogens is 2. The van der Waals surface area contributed by atoms with E-state index in [0.717, 1.165) is 0 Å². The molecule has 0 aromatic heterocycles. The summed E-state index contributed by atoms with van der Waals surface area (Å²) in [5.41, 5.74) is 0.613. The summed E-state index contributed by atoms with van der Waals surface area (Å²) >= 11 is 5.97. The molecule has 0 aliphatic carbocycles. The van der Waals surface area contributed by atoms with Crippen molar-refractivity contribution < 1.29 is 17.6 Å². The zero-order chi connectivity index (χ0) is 19.6. The van der Waals surface area contributed by atoms with Crippen molar-refractivity contribution in [1.82, 2.24) is 9.21 Å². The van der Waals surface area contributed by atoms with Crippen molar-refractivity contribution in [2.45, 2.75) is 18.2 Å². The van der Waals surface area contributed by atoms with Crippen molar-refractivity contribution in [3.63, 3.8) is 0 Å². The van der Waals surface area contributed by atoms with E-state index in [4.69, 9.17) is 11.6 Å². The van der Waals surface area contributed by atoms with Crippen molar-refractivity contribution in [3.8, 4) is 0 Å². The van der Waals surface area contributed by atoms with Crippen LogP contribution in [-0.2, 0) is 10.0 Å². The molecule has 0 unspecified atom stereocenters. The Labute approximate surface area is 163 Å². The predicted molar refractivity (Wildman–Crippen MR) is 102 cm³/mol. The van der Waals surface area contributed by atoms with E-state index in [2.05, 4.69) is 0 Å². The first-order valence-corrected chi connectivity index (χ1v) is 10.4. The summed E-state index contributed by atoms with van der Waals surface area (Å²) in [5.74, 6) is -1.00. The number of nitrogens with zero attached hydrogens (tertiary/aromatic N) is 2. The van der Waals surface area contributed by atoms with Gasteiger partial charge in [-0.3, -0.25) is 4.79 Å². The number of amides is 1. The van der Waals surface area contributed by atoms with Crippen molar-refractivity contribution in [3.05, 3.63) is 64.4 Å². The van der Waals surface area contributed by atoms with Gasteiger partial charge in [0, 0.05) is 31.2 Å². The lowest BCUT2D eigenvalue weighted by molar-refractivity contribution is 0.0759. The minimum atomic E-state index is -3.72. The van der Waals surface area contributed by atoms with Gasteiger partial charge in [0.05, 0.1) is 10.5 Å². The van der Waals surface area contributed by atoms with Crippen LogP contribution in [0.2, 0.25) is 5.02 Å². The quantitative estimate of drug-likeness (QED) is 0.779. The Balaban J connectivity index is 1.79. The minimum absolute atomic E-state index is 0.000470. The van der Waals surface area contributed by atoms with Gasteiger partial charge in [-0.05, 0) is 43.2 Å². The third kappa shape index (κ3) is 4.15. The molecule has 0 radical (unpaired) electrons. The summed E-state index contributed by atoms with van der Waals surface area (Å²) < 4.78 is 41.3. The summed E-state index contributed by atoms with van der Waals surface area (Å²) in [5, 5.41) is 0.352. The molecule has 144 valence electrons. The zero-order valence-corrected chi connectivity index (χ0v) is 16.4. The molecule has 2 aromatic rings. The van der Waals surface area contributed by atoms with Gasteiger partial charge < -0.3 is 4.90 Å². The third-order valence-corrected chi connectivity index (χ3v) is 6.89. The lowest BCUT2D eigenvalue weighted by atomic mass is 10.2. The van der Waals surface area contributed by atoms with Gasteiger partial charge >= 0.3 is 0 Å². The first-order chi connectivity index (χ1) is 12.8. The summed E-state index contributed by atoms with van der Waals surface area (Å²) in [6.07, 6.45) is 0.471. The van der Waals surface area contributed by atoms with E-state index in [1.54, 1.807) is 25.1 Å². The Morgan fingerprint density at radius 2 is 1.81 bits per heavy atom. The maximum atomic E-state index is 13.9. The number of benzene rings is 2. The van der Waals surface area contributed by atoms with E-state index in [0.29, 0.717) is 23.6 Å². The maximum absolute atomic E-state index is 13.9. The van der Waals surface area contributed by atoms with Crippen LogP contribution in [0.1, 0.15) is 22.3 Å². The Kier molecular flexibility index (Phi) is 5.83. The average Bonchev–Trinajstić information content (AvgIpc) is 2.90. The molecule has 0 spiro atoms. The molecule has 1 amide bonds. The number of aryl methyl sites for hydroxylation is 1. The Morgan fingerprint density at radius 3 is 2.56 bits per heavy atom. The topological polar surface area (TPSA) is 57.7 Å². The first kappa shape index (κ1) is 19.8. The molecular formula is C19H20ClFN2O3S. The van der Waals surface area contributed by atoms with Crippen LogP contribution >= 0.6 is 11.6 Å². The van der Waals surface area contributed by atoms with Crippen LogP contribution in [0, 0.1) is 12.7 Å². The highest BCUT2D eigenvalue weighted by Crippen LogP contribution is 2.25. The third-order valence-electron chi connectivity index (χ3n) is 4.61. The molecule has 1 aliphatic rings. The highest BCUT2D eigenvalue weighted by atomic mass is 35.5. The molecule has 1 fully saturated rings. The number of sulfonamides is 1. The van der Waals surface area contributed by atoms with Crippen LogP contribution in [-0.4, -0.2) is 49.7 Å². The summed E-state index contributed by atoms with van der Waals surface area (Å²) in [6.45, 7) is 2.72. The zero-order valence-electron chi connectivity index (χ0n) is 14.9. The van der Waals surface area contributed by atoms with E-state index in [1.807, 2.05) is 0 Å². The molecule has 0 saturated carbocycles. The van der Waals surface area contributed by atoms with Crippen LogP contribution in [0.25, 0.3) is 0 Å². The normalized spacial score (nSPS) is 16.2. The fraction of sp³-hybridized carbons (Fsp3) is 0.316. The number of hydrogen-bond donors (Lipinski definition) is 0. The lowest BCUT2D eigenvalue weighted by Crippen LogP contribution is -2.37. The van der Waals surface area contributed by atoms with Crippen LogP contribution < -0.4 is 0 Å². The van der Waals surface area contributed by atoms with Crippen molar-refractivity contribution in [2.75, 3.05) is 26.2 Å². The molecule has 2 aromatic carbocycles. The Hall–Kier alpha value is -1.96. The first-order valence-electron chi connectivity index (χ1n) is 8.61. The molecule has 0 bridgehead atoms. The summed E-state index contributed by atoms with van der Waals surface area (Å²) in [4.78, 5) is 14.3. The second-order valence-corrected chi connectivity index (χ2v) is 8.78. The van der Waals surface area contributed by atoms with Crippen LogP contribution in [0.15, 0.2) is 47.4 Å². The highest BCUT2D eigenvalue weighted by molar-refractivity contribution is 7.89. The SMILES string of the molecule is Cc1ccc(Cl)cc1S(=O)(=O)N1CCCN(C(=O)c2ccccc2F)CC1. The van der Waals surface area contributed by atoms with Gasteiger partial charge in [0.2, 0.25) is 10.0 Å². The molecule has 5 nitrogen and oxygen atoms in total. The second kappa shape index (κ2) is 7.96. The van der Waals surface area contributed by atoms with E-state index in [-0.39, 0.29) is 30.1 Å². The largest absolute Gasteiger partial charge is 0.337 e. The van der Waals surface area contributed by atoms with Crippen molar-refractivity contribution in [2.24, 2.45) is 0 Å². The Morgan fingerprint density at radius 1 is 1.07 bits per heavy atom. The fourth-order valence-electron chi connectivity index (χ4n) is 3.13. The summed E-state index contributed by atoms with van der Waals surface area (Å²) in [7, 11) is -3.72. The van der Waals surface area contributed by atoms with Crippen LogP contribution in [0.4, 0.5) is 4.39 Å². The molecule has 0 atom stereocenters. The van der Waals surface area contributed by atoms with Gasteiger partial charge in [0.15, 0.2) is 0 Å². The second-order valence-electron chi connectivity index (χ2n) is 6.44. The monoisotopic (exact) mass is 410 g/mol. The van der Waals surface area contributed by atoms with Crippen LogP contribution in [0.3, 0.4) is 0 Å². The highest BCUT2D eigenvalue weighted by Gasteiger charge is 2.30. The van der Waals surface area contributed by atoms with Crippen molar-refractivity contribution >= 4 is 27.5 Å². The number of hydrogen-bond acceptors (Lipinski definition) is 3. The molecule has 3 rings (SSSR count). The predicted octanol–water partition coefficient (Wildman–Crippen LogP) is 3.32. The maximum Gasteiger partial charge on any atom is 0.256 e. The van der Waals surface area contributed by atoms with Gasteiger partial charge in [-0.2, -0.15) is 4.31 Å². The smallest absolute Gasteiger partial charge is 0.256 e. The van der Waals surface area contributed by atoms with E-state index >= 15 is 0 Å². The van der Waals surface area contributed by atoms with E-state index in [1.165, 1.54) is 33.5 Å². The minimum Gasteiger partial charge on any atom is -0.337 e. The molecule has 27 heavy (non-hydrogen) atoms. The fourth-order valence-corrected chi connectivity index (χ4v) is 5.09. The molecule has 1 saturated heterocycles. The van der Waals surface area contributed by atoms with Crippen molar-refractivity contribution in [1.29, 1.82) is 0 Å². The average molecular weight is 411 g/mol. The van der Waals surface area contributed by atoms with Gasteiger partial charge in [0.25, 0.3) is 5.91 Å². The lowest BCUT2D eigenvalue weighted by Gasteiger charge is -2.23. The van der Waals surface area contributed by atoms with E-state index in [9.17, 15) is 17.6 Å².